The Labute approximate surface area is 199 Å². The molecule has 2 unspecified atom stereocenters. The van der Waals surface area contributed by atoms with Crippen LogP contribution in [0.3, 0.4) is 0 Å². The topological polar surface area (TPSA) is 47.9 Å². The zero-order valence-electron chi connectivity index (χ0n) is 22.4. The van der Waals surface area contributed by atoms with Gasteiger partial charge >= 0.3 is 0 Å². The van der Waals surface area contributed by atoms with Gasteiger partial charge in [0, 0.05) is 12.8 Å². The second-order valence-corrected chi connectivity index (χ2v) is 22.4. The Bertz CT molecular complexity index is 692. The van der Waals surface area contributed by atoms with Crippen molar-refractivity contribution in [3.63, 3.8) is 0 Å². The summed E-state index contributed by atoms with van der Waals surface area (Å²) in [5.41, 5.74) is 0.103. The van der Waals surface area contributed by atoms with E-state index in [2.05, 4.69) is 79.9 Å². The Morgan fingerprint density at radius 1 is 0.844 bits per heavy atom. The van der Waals surface area contributed by atoms with Gasteiger partial charge in [0.05, 0.1) is 24.9 Å². The molecule has 0 heterocycles. The Morgan fingerprint density at radius 3 is 1.62 bits per heavy atom. The van der Waals surface area contributed by atoms with Gasteiger partial charge in [0.15, 0.2) is 16.6 Å². The first kappa shape index (κ1) is 27.7. The van der Waals surface area contributed by atoms with Crippen LogP contribution in [0.5, 0.6) is 0 Å². The lowest BCUT2D eigenvalue weighted by Gasteiger charge is -2.52. The summed E-state index contributed by atoms with van der Waals surface area (Å²) in [5, 5.41) is 11.9. The van der Waals surface area contributed by atoms with E-state index < -0.39 is 22.2 Å². The van der Waals surface area contributed by atoms with E-state index in [1.165, 1.54) is 0 Å². The summed E-state index contributed by atoms with van der Waals surface area (Å²) in [7, 11) is -4.16. The second-order valence-electron chi connectivity index (χ2n) is 12.8. The Balaban J connectivity index is 2.30. The fourth-order valence-electron chi connectivity index (χ4n) is 3.58. The van der Waals surface area contributed by atoms with Crippen LogP contribution in [0.1, 0.15) is 66.9 Å². The molecule has 1 fully saturated rings. The fourth-order valence-corrected chi connectivity index (χ4v) is 6.38. The van der Waals surface area contributed by atoms with Crippen LogP contribution in [0.25, 0.3) is 0 Å². The average molecular weight is 481 g/mol. The Morgan fingerprint density at radius 2 is 1.25 bits per heavy atom. The van der Waals surface area contributed by atoms with Crippen LogP contribution >= 0.6 is 0 Å². The Hall–Kier alpha value is -0.506. The fraction of sp³-hybridized carbons (Fsp3) is 0.769. The van der Waals surface area contributed by atoms with E-state index >= 15 is 0 Å². The highest BCUT2D eigenvalue weighted by atomic mass is 28.4. The van der Waals surface area contributed by atoms with Crippen LogP contribution in [-0.2, 0) is 20.2 Å². The van der Waals surface area contributed by atoms with E-state index in [0.29, 0.717) is 19.4 Å². The third-order valence-corrected chi connectivity index (χ3v) is 17.0. The number of hydrogen-bond acceptors (Lipinski definition) is 4. The molecule has 1 N–H and O–H groups in total. The average Bonchev–Trinajstić information content (AvgIpc) is 2.62. The van der Waals surface area contributed by atoms with Crippen molar-refractivity contribution in [1.82, 2.24) is 0 Å². The molecule has 1 saturated carbocycles. The minimum Gasteiger partial charge on any atom is -0.411 e. The molecule has 0 bridgehead atoms. The molecule has 1 aliphatic carbocycles. The third-order valence-electron chi connectivity index (χ3n) is 8.07. The smallest absolute Gasteiger partial charge is 0.192 e. The van der Waals surface area contributed by atoms with Crippen molar-refractivity contribution in [2.45, 2.75) is 128 Å². The van der Waals surface area contributed by atoms with Crippen molar-refractivity contribution in [2.24, 2.45) is 0 Å². The van der Waals surface area contributed by atoms with Crippen molar-refractivity contribution in [1.29, 1.82) is 0 Å². The summed E-state index contributed by atoms with van der Waals surface area (Å²) in [4.78, 5) is 0. The van der Waals surface area contributed by atoms with E-state index in [0.717, 1.165) is 5.56 Å². The maximum absolute atomic E-state index is 11.8. The number of aliphatic hydroxyl groups is 1. The first-order valence-corrected chi connectivity index (χ1v) is 17.9. The van der Waals surface area contributed by atoms with E-state index in [9.17, 15) is 5.11 Å². The van der Waals surface area contributed by atoms with Crippen LogP contribution in [0.4, 0.5) is 0 Å². The van der Waals surface area contributed by atoms with Gasteiger partial charge in [0.1, 0.15) is 5.60 Å². The van der Waals surface area contributed by atoms with Gasteiger partial charge in [-0.25, -0.2) is 0 Å². The molecule has 0 radical (unpaired) electrons. The zero-order chi connectivity index (χ0) is 24.6. The van der Waals surface area contributed by atoms with Crippen molar-refractivity contribution in [3.05, 3.63) is 35.9 Å². The van der Waals surface area contributed by atoms with Gasteiger partial charge in [-0.2, -0.15) is 0 Å². The SMILES string of the molecule is CC1(O)C(O[Si](C)(C)C(C)(C)C)CC(OCc2ccccc2)CC1O[Si](C)(C)C(C)(C)C. The summed E-state index contributed by atoms with van der Waals surface area (Å²) in [6.45, 7) is 24.9. The molecule has 2 rings (SSSR count). The molecule has 0 amide bonds. The second kappa shape index (κ2) is 9.63. The number of ether oxygens (including phenoxy) is 1. The highest BCUT2D eigenvalue weighted by Crippen LogP contribution is 2.45. The first-order chi connectivity index (χ1) is 14.4. The van der Waals surface area contributed by atoms with Crippen molar-refractivity contribution >= 4 is 16.6 Å². The quantitative estimate of drug-likeness (QED) is 0.431. The van der Waals surface area contributed by atoms with Crippen LogP contribution in [0.15, 0.2) is 30.3 Å². The normalized spacial score (nSPS) is 28.1. The summed E-state index contributed by atoms with van der Waals surface area (Å²) in [5.74, 6) is 0. The molecule has 184 valence electrons. The van der Waals surface area contributed by atoms with Crippen LogP contribution in [-0.4, -0.2) is 45.7 Å². The number of benzene rings is 1. The molecule has 1 aliphatic rings. The monoisotopic (exact) mass is 480 g/mol. The summed E-state index contributed by atoms with van der Waals surface area (Å²) >= 11 is 0. The maximum atomic E-state index is 11.8. The number of hydrogen-bond donors (Lipinski definition) is 1. The van der Waals surface area contributed by atoms with Crippen LogP contribution in [0.2, 0.25) is 36.3 Å². The molecule has 1 aromatic carbocycles. The largest absolute Gasteiger partial charge is 0.411 e. The lowest BCUT2D eigenvalue weighted by molar-refractivity contribution is -0.178. The summed E-state index contributed by atoms with van der Waals surface area (Å²) in [6.07, 6.45) is 0.730. The number of rotatable bonds is 7. The molecule has 0 aromatic heterocycles. The lowest BCUT2D eigenvalue weighted by atomic mass is 9.79. The van der Waals surface area contributed by atoms with E-state index in [4.69, 9.17) is 13.6 Å². The van der Waals surface area contributed by atoms with E-state index in [-0.39, 0.29) is 28.4 Å². The molecule has 0 aliphatic heterocycles. The third kappa shape index (κ3) is 6.54. The van der Waals surface area contributed by atoms with Gasteiger partial charge in [0.25, 0.3) is 0 Å². The van der Waals surface area contributed by atoms with Crippen molar-refractivity contribution in [3.8, 4) is 0 Å². The van der Waals surface area contributed by atoms with Gasteiger partial charge in [-0.15, -0.1) is 0 Å². The predicted octanol–water partition coefficient (Wildman–Crippen LogP) is 6.90. The van der Waals surface area contributed by atoms with Gasteiger partial charge in [-0.05, 0) is 48.8 Å². The summed E-state index contributed by atoms with van der Waals surface area (Å²) < 4.78 is 20.0. The molecule has 32 heavy (non-hydrogen) atoms. The molecular formula is C26H48O4Si2. The molecule has 0 saturated heterocycles. The van der Waals surface area contributed by atoms with E-state index in [1.54, 1.807) is 0 Å². The van der Waals surface area contributed by atoms with E-state index in [1.807, 2.05) is 25.1 Å². The highest BCUT2D eigenvalue weighted by molar-refractivity contribution is 6.74. The highest BCUT2D eigenvalue weighted by Gasteiger charge is 2.53. The molecule has 6 heteroatoms. The molecule has 4 nitrogen and oxygen atoms in total. The predicted molar refractivity (Wildman–Crippen MR) is 139 cm³/mol. The minimum absolute atomic E-state index is 0.0139. The van der Waals surface area contributed by atoms with Gasteiger partial charge < -0.3 is 18.7 Å². The molecular weight excluding hydrogens is 432 g/mol. The maximum Gasteiger partial charge on any atom is 0.192 e. The van der Waals surface area contributed by atoms with Crippen LogP contribution < -0.4 is 0 Å². The minimum atomic E-state index is -2.08. The van der Waals surface area contributed by atoms with Gasteiger partial charge in [-0.3, -0.25) is 0 Å². The lowest BCUT2D eigenvalue weighted by Crippen LogP contribution is -2.63. The van der Waals surface area contributed by atoms with Gasteiger partial charge in [0.2, 0.25) is 0 Å². The molecule has 2 atom stereocenters. The first-order valence-electron chi connectivity index (χ1n) is 12.1. The van der Waals surface area contributed by atoms with Gasteiger partial charge in [-0.1, -0.05) is 71.9 Å². The Kier molecular flexibility index (Phi) is 8.34. The standard InChI is InChI=1S/C26H48O4Si2/c1-24(2,3)31(8,9)29-22-17-21(28-19-20-15-13-12-14-16-20)18-23(26(22,7)27)30-32(10,11)25(4,5)6/h12-16,21-23,27H,17-19H2,1-11H3. The van der Waals surface area contributed by atoms with Crippen molar-refractivity contribution in [2.75, 3.05) is 0 Å². The van der Waals surface area contributed by atoms with Crippen LogP contribution in [0, 0.1) is 0 Å². The molecule has 0 spiro atoms. The zero-order valence-corrected chi connectivity index (χ0v) is 24.4. The van der Waals surface area contributed by atoms with Crippen molar-refractivity contribution < 1.29 is 18.7 Å². The summed E-state index contributed by atoms with van der Waals surface area (Å²) in [6, 6.07) is 10.3. The molecule has 1 aromatic rings.